The zero-order valence-corrected chi connectivity index (χ0v) is 9.49. The van der Waals surface area contributed by atoms with Crippen molar-refractivity contribution in [3.05, 3.63) is 29.8 Å². The molecule has 0 heterocycles. The summed E-state index contributed by atoms with van der Waals surface area (Å²) in [6.07, 6.45) is 0. The van der Waals surface area contributed by atoms with E-state index in [0.29, 0.717) is 0 Å². The molecule has 0 aliphatic rings. The van der Waals surface area contributed by atoms with Crippen molar-refractivity contribution in [3.63, 3.8) is 0 Å². The van der Waals surface area contributed by atoms with Gasteiger partial charge in [0.1, 0.15) is 0 Å². The average Bonchev–Trinajstić information content (AvgIpc) is 2.16. The van der Waals surface area contributed by atoms with Crippen molar-refractivity contribution in [2.45, 2.75) is 39.0 Å². The Hall–Kier alpha value is -1.06. The van der Waals surface area contributed by atoms with E-state index >= 15 is 0 Å². The minimum absolute atomic E-state index is 0.0341. The van der Waals surface area contributed by atoms with Gasteiger partial charge in [0, 0.05) is 5.69 Å². The second-order valence-corrected chi connectivity index (χ2v) is 4.38. The van der Waals surface area contributed by atoms with Crippen LogP contribution in [0, 0.1) is 0 Å². The highest BCUT2D eigenvalue weighted by molar-refractivity contribution is 5.46. The Kier molecular flexibility index (Phi) is 3.72. The number of aliphatic hydroxyl groups is 2. The molecule has 0 saturated carbocycles. The maximum atomic E-state index is 9.76. The van der Waals surface area contributed by atoms with Gasteiger partial charge in [-0.2, -0.15) is 0 Å². The highest BCUT2D eigenvalue weighted by Gasteiger charge is 2.21. The molecule has 0 bridgehead atoms. The highest BCUT2D eigenvalue weighted by atomic mass is 16.3. The van der Waals surface area contributed by atoms with Crippen molar-refractivity contribution < 1.29 is 10.2 Å². The number of hydrogen-bond donors (Lipinski definition) is 3. The first-order valence-electron chi connectivity index (χ1n) is 5.12. The van der Waals surface area contributed by atoms with E-state index in [-0.39, 0.29) is 12.6 Å². The van der Waals surface area contributed by atoms with Gasteiger partial charge >= 0.3 is 0 Å². The van der Waals surface area contributed by atoms with Crippen molar-refractivity contribution in [1.29, 1.82) is 0 Å². The van der Waals surface area contributed by atoms with Crippen molar-refractivity contribution in [3.8, 4) is 0 Å². The molecular formula is C12H19NO2. The van der Waals surface area contributed by atoms with E-state index in [1.165, 1.54) is 0 Å². The van der Waals surface area contributed by atoms with Gasteiger partial charge in [-0.1, -0.05) is 12.1 Å². The number of nitrogens with one attached hydrogen (secondary N) is 1. The lowest BCUT2D eigenvalue weighted by Gasteiger charge is -2.27. The van der Waals surface area contributed by atoms with E-state index in [9.17, 15) is 5.11 Å². The largest absolute Gasteiger partial charge is 0.392 e. The molecule has 1 rings (SSSR count). The number of rotatable bonds is 4. The van der Waals surface area contributed by atoms with Crippen molar-refractivity contribution in [2.24, 2.45) is 0 Å². The lowest BCUT2D eigenvalue weighted by Crippen LogP contribution is -2.39. The van der Waals surface area contributed by atoms with Gasteiger partial charge in [-0.05, 0) is 38.5 Å². The fraction of sp³-hybridized carbons (Fsp3) is 0.500. The van der Waals surface area contributed by atoms with Gasteiger partial charge in [0.15, 0.2) is 0 Å². The predicted octanol–water partition coefficient (Wildman–Crippen LogP) is 1.75. The highest BCUT2D eigenvalue weighted by Crippen LogP contribution is 2.16. The van der Waals surface area contributed by atoms with Crippen LogP contribution in [0.1, 0.15) is 26.3 Å². The monoisotopic (exact) mass is 209 g/mol. The van der Waals surface area contributed by atoms with Gasteiger partial charge < -0.3 is 15.5 Å². The minimum Gasteiger partial charge on any atom is -0.392 e. The molecule has 1 aromatic carbocycles. The lowest BCUT2D eigenvalue weighted by atomic mass is 10.0. The quantitative estimate of drug-likeness (QED) is 0.708. The second-order valence-electron chi connectivity index (χ2n) is 4.38. The van der Waals surface area contributed by atoms with Crippen LogP contribution < -0.4 is 5.32 Å². The van der Waals surface area contributed by atoms with Gasteiger partial charge in [0.25, 0.3) is 0 Å². The molecule has 1 unspecified atom stereocenters. The Morgan fingerprint density at radius 2 is 2.07 bits per heavy atom. The molecule has 15 heavy (non-hydrogen) atoms. The van der Waals surface area contributed by atoms with Crippen LogP contribution in [0.4, 0.5) is 5.69 Å². The molecule has 0 spiro atoms. The molecule has 0 aliphatic carbocycles. The van der Waals surface area contributed by atoms with Crippen molar-refractivity contribution in [2.75, 3.05) is 5.32 Å². The van der Waals surface area contributed by atoms with E-state index in [1.807, 2.05) is 31.2 Å². The van der Waals surface area contributed by atoms with Crippen LogP contribution in [0.2, 0.25) is 0 Å². The molecule has 84 valence electrons. The summed E-state index contributed by atoms with van der Waals surface area (Å²) in [5.41, 5.74) is 1.01. The second kappa shape index (κ2) is 4.64. The summed E-state index contributed by atoms with van der Waals surface area (Å²) in [4.78, 5) is 0. The van der Waals surface area contributed by atoms with Crippen LogP contribution in [0.15, 0.2) is 24.3 Å². The summed E-state index contributed by atoms with van der Waals surface area (Å²) < 4.78 is 0. The van der Waals surface area contributed by atoms with E-state index in [2.05, 4.69) is 5.32 Å². The van der Waals surface area contributed by atoms with Crippen LogP contribution in [0.5, 0.6) is 0 Å². The summed E-state index contributed by atoms with van der Waals surface area (Å²) in [5, 5.41) is 21.9. The molecule has 0 aliphatic heterocycles. The third kappa shape index (κ3) is 3.53. The number of anilines is 1. The van der Waals surface area contributed by atoms with Crippen molar-refractivity contribution >= 4 is 5.69 Å². The Morgan fingerprint density at radius 1 is 1.40 bits per heavy atom. The summed E-state index contributed by atoms with van der Waals surface area (Å²) in [7, 11) is 0. The third-order valence-electron chi connectivity index (χ3n) is 2.55. The number of benzene rings is 1. The molecule has 1 atom stereocenters. The molecule has 0 fully saturated rings. The summed E-state index contributed by atoms with van der Waals surface area (Å²) in [5.74, 6) is 0. The van der Waals surface area contributed by atoms with Gasteiger partial charge in [-0.25, -0.2) is 0 Å². The normalized spacial score (nSPS) is 13.7. The molecule has 1 aromatic rings. The molecular weight excluding hydrogens is 190 g/mol. The SMILES string of the molecule is CC(Nc1cccc(CO)c1)C(C)(C)O. The van der Waals surface area contributed by atoms with Gasteiger partial charge in [-0.15, -0.1) is 0 Å². The van der Waals surface area contributed by atoms with Crippen LogP contribution >= 0.6 is 0 Å². The van der Waals surface area contributed by atoms with E-state index in [4.69, 9.17) is 5.11 Å². The van der Waals surface area contributed by atoms with Crippen molar-refractivity contribution in [1.82, 2.24) is 0 Å². The first kappa shape index (κ1) is 12.0. The maximum Gasteiger partial charge on any atom is 0.0789 e. The number of aliphatic hydroxyl groups excluding tert-OH is 1. The van der Waals surface area contributed by atoms with Crippen LogP contribution in [-0.2, 0) is 6.61 Å². The topological polar surface area (TPSA) is 52.5 Å². The zero-order valence-electron chi connectivity index (χ0n) is 9.49. The predicted molar refractivity (Wildman–Crippen MR) is 61.7 cm³/mol. The molecule has 3 heteroatoms. The lowest BCUT2D eigenvalue weighted by molar-refractivity contribution is 0.0649. The Bertz CT molecular complexity index is 318. The third-order valence-corrected chi connectivity index (χ3v) is 2.55. The summed E-state index contributed by atoms with van der Waals surface area (Å²) >= 11 is 0. The minimum atomic E-state index is -0.769. The van der Waals surface area contributed by atoms with Gasteiger partial charge in [0.05, 0.1) is 18.2 Å². The van der Waals surface area contributed by atoms with Gasteiger partial charge in [-0.3, -0.25) is 0 Å². The van der Waals surface area contributed by atoms with Crippen LogP contribution in [-0.4, -0.2) is 21.9 Å². The maximum absolute atomic E-state index is 9.76. The molecule has 3 nitrogen and oxygen atoms in total. The van der Waals surface area contributed by atoms with Crippen LogP contribution in [0.25, 0.3) is 0 Å². The first-order valence-corrected chi connectivity index (χ1v) is 5.12. The molecule has 3 N–H and O–H groups in total. The zero-order chi connectivity index (χ0) is 11.5. The first-order chi connectivity index (χ1) is 6.93. The molecule has 0 amide bonds. The average molecular weight is 209 g/mol. The van der Waals surface area contributed by atoms with E-state index in [1.54, 1.807) is 13.8 Å². The standard InChI is InChI=1S/C12H19NO2/c1-9(12(2,3)15)13-11-6-4-5-10(7-11)8-14/h4-7,9,13-15H,8H2,1-3H3. The van der Waals surface area contributed by atoms with Gasteiger partial charge in [0.2, 0.25) is 0 Å². The fourth-order valence-corrected chi connectivity index (χ4v) is 1.19. The Balaban J connectivity index is 2.72. The Labute approximate surface area is 90.8 Å². The Morgan fingerprint density at radius 3 is 2.60 bits per heavy atom. The summed E-state index contributed by atoms with van der Waals surface area (Å²) in [6, 6.07) is 7.49. The summed E-state index contributed by atoms with van der Waals surface area (Å²) in [6.45, 7) is 5.49. The molecule has 0 saturated heterocycles. The van der Waals surface area contributed by atoms with E-state index < -0.39 is 5.60 Å². The van der Waals surface area contributed by atoms with E-state index in [0.717, 1.165) is 11.3 Å². The molecule has 0 aromatic heterocycles. The van der Waals surface area contributed by atoms with Crippen LogP contribution in [0.3, 0.4) is 0 Å². The molecule has 0 radical (unpaired) electrons. The smallest absolute Gasteiger partial charge is 0.0789 e. The fourth-order valence-electron chi connectivity index (χ4n) is 1.19. The number of hydrogen-bond acceptors (Lipinski definition) is 3.